The van der Waals surface area contributed by atoms with Crippen molar-refractivity contribution in [1.29, 1.82) is 0 Å². The third-order valence-corrected chi connectivity index (χ3v) is 4.34. The summed E-state index contributed by atoms with van der Waals surface area (Å²) in [4.78, 5) is 28.9. The van der Waals surface area contributed by atoms with Crippen molar-refractivity contribution >= 4 is 22.6 Å². The SMILES string of the molecule is O=C(CCCc1ccc2[nH]c(=O)[nH]c2c1)Nc1cnn(-c2ccccc2)c1. The van der Waals surface area contributed by atoms with Crippen LogP contribution >= 0.6 is 0 Å². The fourth-order valence-corrected chi connectivity index (χ4v) is 3.02. The fourth-order valence-electron chi connectivity index (χ4n) is 3.02. The van der Waals surface area contributed by atoms with Crippen LogP contribution in [0.25, 0.3) is 16.7 Å². The molecule has 7 heteroatoms. The second-order valence-electron chi connectivity index (χ2n) is 6.37. The molecule has 0 bridgehead atoms. The number of fused-ring (bicyclic) bond motifs is 1. The minimum atomic E-state index is -0.211. The number of hydrogen-bond acceptors (Lipinski definition) is 3. The molecule has 27 heavy (non-hydrogen) atoms. The smallest absolute Gasteiger partial charge is 0.323 e. The lowest BCUT2D eigenvalue weighted by atomic mass is 10.1. The summed E-state index contributed by atoms with van der Waals surface area (Å²) in [5.74, 6) is -0.0428. The molecule has 0 radical (unpaired) electrons. The van der Waals surface area contributed by atoms with Crippen molar-refractivity contribution in [1.82, 2.24) is 19.7 Å². The lowest BCUT2D eigenvalue weighted by molar-refractivity contribution is -0.116. The van der Waals surface area contributed by atoms with Gasteiger partial charge in [-0.3, -0.25) is 4.79 Å². The van der Waals surface area contributed by atoms with Gasteiger partial charge in [0.05, 0.1) is 34.8 Å². The predicted octanol–water partition coefficient (Wildman–Crippen LogP) is 3.00. The highest BCUT2D eigenvalue weighted by atomic mass is 16.1. The van der Waals surface area contributed by atoms with Crippen LogP contribution in [0.3, 0.4) is 0 Å². The number of anilines is 1. The van der Waals surface area contributed by atoms with E-state index in [1.165, 1.54) is 0 Å². The summed E-state index contributed by atoms with van der Waals surface area (Å²) in [6.07, 6.45) is 5.33. The van der Waals surface area contributed by atoms with Crippen LogP contribution in [-0.4, -0.2) is 25.7 Å². The van der Waals surface area contributed by atoms with Crippen molar-refractivity contribution in [2.24, 2.45) is 0 Å². The molecule has 0 fully saturated rings. The number of carbonyl (C=O) groups is 1. The van der Waals surface area contributed by atoms with Crippen LogP contribution in [0.15, 0.2) is 65.7 Å². The van der Waals surface area contributed by atoms with Crippen molar-refractivity contribution in [3.63, 3.8) is 0 Å². The van der Waals surface area contributed by atoms with Gasteiger partial charge in [0, 0.05) is 6.42 Å². The van der Waals surface area contributed by atoms with Crippen LogP contribution in [0, 0.1) is 0 Å². The first-order valence-electron chi connectivity index (χ1n) is 8.78. The number of H-pyrrole nitrogens is 2. The summed E-state index contributed by atoms with van der Waals surface area (Å²) in [5, 5.41) is 7.14. The lowest BCUT2D eigenvalue weighted by Crippen LogP contribution is -2.11. The van der Waals surface area contributed by atoms with E-state index in [0.29, 0.717) is 12.1 Å². The number of carbonyl (C=O) groups excluding carboxylic acids is 1. The molecule has 2 aromatic heterocycles. The van der Waals surface area contributed by atoms with Crippen molar-refractivity contribution < 1.29 is 4.79 Å². The first-order chi connectivity index (χ1) is 13.2. The maximum absolute atomic E-state index is 12.2. The minimum Gasteiger partial charge on any atom is -0.323 e. The van der Waals surface area contributed by atoms with Gasteiger partial charge in [0.15, 0.2) is 0 Å². The van der Waals surface area contributed by atoms with Gasteiger partial charge in [-0.2, -0.15) is 5.10 Å². The zero-order valence-corrected chi connectivity index (χ0v) is 14.6. The molecule has 7 nitrogen and oxygen atoms in total. The van der Waals surface area contributed by atoms with Crippen molar-refractivity contribution in [3.8, 4) is 5.69 Å². The van der Waals surface area contributed by atoms with E-state index >= 15 is 0 Å². The molecular formula is C20H19N5O2. The Morgan fingerprint density at radius 2 is 1.89 bits per heavy atom. The van der Waals surface area contributed by atoms with Crippen LogP contribution in [0.1, 0.15) is 18.4 Å². The number of benzene rings is 2. The topological polar surface area (TPSA) is 95.6 Å². The Kier molecular flexibility index (Phi) is 4.57. The maximum atomic E-state index is 12.2. The average Bonchev–Trinajstić information content (AvgIpc) is 3.27. The average molecular weight is 361 g/mol. The summed E-state index contributed by atoms with van der Waals surface area (Å²) in [6.45, 7) is 0. The fraction of sp³-hybridized carbons (Fsp3) is 0.150. The monoisotopic (exact) mass is 361 g/mol. The Morgan fingerprint density at radius 3 is 2.74 bits per heavy atom. The Morgan fingerprint density at radius 1 is 1.07 bits per heavy atom. The Labute approximate surface area is 155 Å². The van der Waals surface area contributed by atoms with E-state index in [9.17, 15) is 9.59 Å². The third-order valence-electron chi connectivity index (χ3n) is 4.34. The molecule has 0 aliphatic heterocycles. The number of aromatic amines is 2. The molecule has 0 aliphatic rings. The lowest BCUT2D eigenvalue weighted by Gasteiger charge is -2.04. The van der Waals surface area contributed by atoms with Gasteiger partial charge in [-0.25, -0.2) is 9.48 Å². The first kappa shape index (κ1) is 16.8. The van der Waals surface area contributed by atoms with Gasteiger partial charge in [-0.15, -0.1) is 0 Å². The molecule has 4 aromatic rings. The van der Waals surface area contributed by atoms with Crippen LogP contribution in [0.4, 0.5) is 5.69 Å². The summed E-state index contributed by atoms with van der Waals surface area (Å²) in [6, 6.07) is 15.5. The largest absolute Gasteiger partial charge is 0.323 e. The number of para-hydroxylation sites is 1. The second-order valence-corrected chi connectivity index (χ2v) is 6.37. The summed E-state index contributed by atoms with van der Waals surface area (Å²) < 4.78 is 1.72. The highest BCUT2D eigenvalue weighted by Crippen LogP contribution is 2.14. The third kappa shape index (κ3) is 3.98. The Bertz CT molecular complexity index is 1120. The summed E-state index contributed by atoms with van der Waals surface area (Å²) in [5.41, 5.74) is 4.07. The highest BCUT2D eigenvalue weighted by Gasteiger charge is 2.06. The Hall–Kier alpha value is -3.61. The van der Waals surface area contributed by atoms with Crippen molar-refractivity contribution in [2.45, 2.75) is 19.3 Å². The molecule has 2 aromatic carbocycles. The molecule has 0 saturated carbocycles. The predicted molar refractivity (Wildman–Crippen MR) is 104 cm³/mol. The number of nitrogens with zero attached hydrogens (tertiary/aromatic N) is 2. The standard InChI is InChI=1S/C20H19N5O2/c26-19(22-15-12-21-25(13-15)16-6-2-1-3-7-16)8-4-5-14-9-10-17-18(11-14)24-20(27)23-17/h1-3,6-7,9-13H,4-5,8H2,(H,22,26)(H2,23,24,27). The van der Waals surface area contributed by atoms with Crippen LogP contribution in [-0.2, 0) is 11.2 Å². The number of rotatable bonds is 6. The highest BCUT2D eigenvalue weighted by molar-refractivity contribution is 5.90. The molecule has 0 aliphatic carbocycles. The molecule has 0 saturated heterocycles. The molecule has 3 N–H and O–H groups in total. The van der Waals surface area contributed by atoms with Gasteiger partial charge in [0.25, 0.3) is 0 Å². The summed E-state index contributed by atoms with van der Waals surface area (Å²) >= 11 is 0. The Balaban J connectivity index is 1.30. The number of imidazole rings is 1. The van der Waals surface area contributed by atoms with E-state index in [-0.39, 0.29) is 11.6 Å². The normalized spacial score (nSPS) is 11.0. The molecule has 136 valence electrons. The van der Waals surface area contributed by atoms with E-state index in [2.05, 4.69) is 20.4 Å². The molecular weight excluding hydrogens is 342 g/mol. The molecule has 2 heterocycles. The van der Waals surface area contributed by atoms with E-state index in [1.54, 1.807) is 17.1 Å². The van der Waals surface area contributed by atoms with E-state index in [4.69, 9.17) is 0 Å². The minimum absolute atomic E-state index is 0.0428. The molecule has 0 atom stereocenters. The van der Waals surface area contributed by atoms with E-state index in [0.717, 1.165) is 35.1 Å². The van der Waals surface area contributed by atoms with Crippen LogP contribution < -0.4 is 11.0 Å². The summed E-state index contributed by atoms with van der Waals surface area (Å²) in [7, 11) is 0. The van der Waals surface area contributed by atoms with Crippen molar-refractivity contribution in [2.75, 3.05) is 5.32 Å². The van der Waals surface area contributed by atoms with Gasteiger partial charge < -0.3 is 15.3 Å². The molecule has 0 spiro atoms. The zero-order valence-electron chi connectivity index (χ0n) is 14.6. The van der Waals surface area contributed by atoms with Gasteiger partial charge in [-0.05, 0) is 42.7 Å². The van der Waals surface area contributed by atoms with Crippen LogP contribution in [0.5, 0.6) is 0 Å². The molecule has 1 amide bonds. The number of amides is 1. The van der Waals surface area contributed by atoms with Gasteiger partial charge >= 0.3 is 5.69 Å². The van der Waals surface area contributed by atoms with Crippen LogP contribution in [0.2, 0.25) is 0 Å². The van der Waals surface area contributed by atoms with E-state index in [1.807, 2.05) is 48.5 Å². The first-order valence-corrected chi connectivity index (χ1v) is 8.78. The molecule has 0 unspecified atom stereocenters. The van der Waals surface area contributed by atoms with Crippen molar-refractivity contribution in [3.05, 3.63) is 77.0 Å². The number of aromatic nitrogens is 4. The van der Waals surface area contributed by atoms with Gasteiger partial charge in [0.2, 0.25) is 5.91 Å². The number of hydrogen-bond donors (Lipinski definition) is 3. The zero-order chi connectivity index (χ0) is 18.6. The number of aryl methyl sites for hydroxylation is 1. The maximum Gasteiger partial charge on any atom is 0.323 e. The van der Waals surface area contributed by atoms with Gasteiger partial charge in [0.1, 0.15) is 0 Å². The quantitative estimate of drug-likeness (QED) is 0.493. The second kappa shape index (κ2) is 7.33. The van der Waals surface area contributed by atoms with E-state index < -0.39 is 0 Å². The van der Waals surface area contributed by atoms with Gasteiger partial charge in [-0.1, -0.05) is 24.3 Å². The number of nitrogens with one attached hydrogen (secondary N) is 3. The molecule has 4 rings (SSSR count).